The molecule has 0 spiro atoms. The molecule has 8 heteroatoms. The second-order valence-electron chi connectivity index (χ2n) is 8.24. The predicted molar refractivity (Wildman–Crippen MR) is 113 cm³/mol. The molecular weight excluding hydrogens is 383 g/mol. The summed E-state index contributed by atoms with van der Waals surface area (Å²) in [6.07, 6.45) is 9.69. The van der Waals surface area contributed by atoms with Crippen molar-refractivity contribution in [1.29, 1.82) is 0 Å². The van der Waals surface area contributed by atoms with Crippen LogP contribution in [0, 0.1) is 0 Å². The molecule has 0 saturated carbocycles. The molecule has 4 atom stereocenters. The average Bonchev–Trinajstić information content (AvgIpc) is 3.31. The number of nitrogens with one attached hydrogen (secondary N) is 2. The fourth-order valence-corrected chi connectivity index (χ4v) is 4.70. The Morgan fingerprint density at radius 3 is 2.77 bits per heavy atom. The third-order valence-electron chi connectivity index (χ3n) is 6.40. The van der Waals surface area contributed by atoms with Gasteiger partial charge in [-0.25, -0.2) is 9.37 Å². The van der Waals surface area contributed by atoms with Crippen molar-refractivity contribution in [3.63, 3.8) is 0 Å². The summed E-state index contributed by atoms with van der Waals surface area (Å²) in [6, 6.07) is 5.51. The van der Waals surface area contributed by atoms with Gasteiger partial charge in [-0.2, -0.15) is 5.10 Å². The fourth-order valence-electron chi connectivity index (χ4n) is 4.70. The van der Waals surface area contributed by atoms with E-state index >= 15 is 4.39 Å². The smallest absolute Gasteiger partial charge is 0.147 e. The van der Waals surface area contributed by atoms with E-state index in [0.29, 0.717) is 23.1 Å². The van der Waals surface area contributed by atoms with Gasteiger partial charge in [-0.05, 0) is 37.0 Å². The molecular formula is C22H25FN6O. The van der Waals surface area contributed by atoms with Gasteiger partial charge >= 0.3 is 0 Å². The number of halogens is 1. The lowest BCUT2D eigenvalue weighted by Crippen LogP contribution is -2.61. The minimum atomic E-state index is -0.924. The summed E-state index contributed by atoms with van der Waals surface area (Å²) in [5, 5.41) is 20.6. The van der Waals surface area contributed by atoms with E-state index in [1.165, 1.54) is 0 Å². The number of benzene rings is 1. The van der Waals surface area contributed by atoms with Crippen molar-refractivity contribution in [1.82, 2.24) is 25.5 Å². The Hall–Kier alpha value is -3.00. The number of fused-ring (bicyclic) bond motifs is 2. The molecule has 156 valence electrons. The predicted octanol–water partition coefficient (Wildman–Crippen LogP) is 3.30. The van der Waals surface area contributed by atoms with Gasteiger partial charge < -0.3 is 15.3 Å². The third-order valence-corrected chi connectivity index (χ3v) is 6.40. The van der Waals surface area contributed by atoms with E-state index in [4.69, 9.17) is 0 Å². The van der Waals surface area contributed by atoms with Crippen LogP contribution in [0.15, 0.2) is 43.0 Å². The number of aromatic amines is 1. The molecule has 4 heterocycles. The van der Waals surface area contributed by atoms with Crippen LogP contribution in [0.1, 0.15) is 25.7 Å². The number of aromatic nitrogens is 4. The number of anilines is 1. The van der Waals surface area contributed by atoms with Crippen molar-refractivity contribution in [2.24, 2.45) is 0 Å². The number of H-pyrrole nitrogens is 1. The van der Waals surface area contributed by atoms with Gasteiger partial charge in [0.15, 0.2) is 0 Å². The van der Waals surface area contributed by atoms with Crippen molar-refractivity contribution < 1.29 is 9.50 Å². The molecule has 0 radical (unpaired) electrons. The van der Waals surface area contributed by atoms with Crippen molar-refractivity contribution in [2.45, 2.75) is 50.0 Å². The zero-order valence-corrected chi connectivity index (χ0v) is 16.8. The Morgan fingerprint density at radius 2 is 2.03 bits per heavy atom. The summed E-state index contributed by atoms with van der Waals surface area (Å²) in [5.41, 5.74) is 2.93. The molecule has 0 amide bonds. The van der Waals surface area contributed by atoms with E-state index in [1.54, 1.807) is 30.9 Å². The number of alkyl halides is 1. The number of nitrogens with zero attached hydrogens (tertiary/aromatic N) is 4. The highest BCUT2D eigenvalue weighted by molar-refractivity contribution is 5.73. The standard InChI is InChI=1S/C22H25FN6O/c1-29(19-8-15-3-2-4-17(28-15)22(19)23)21-12-24-18(11-25-21)16-6-5-13(7-20(16)30)14-9-26-27-10-14/h5-7,9-12,15,17,19,22,28,30H,2-4,8H2,1H3,(H,26,27)/t15?,17?,19-,22+/m0/s1. The molecule has 3 aromatic rings. The molecule has 5 rings (SSSR count). The Balaban J connectivity index is 1.35. The molecule has 7 nitrogen and oxygen atoms in total. The maximum atomic E-state index is 15.0. The molecule has 2 aliphatic heterocycles. The minimum Gasteiger partial charge on any atom is -0.507 e. The quantitative estimate of drug-likeness (QED) is 0.614. The molecule has 2 aliphatic rings. The summed E-state index contributed by atoms with van der Waals surface area (Å²) in [7, 11) is 1.89. The lowest BCUT2D eigenvalue weighted by atomic mass is 9.82. The normalized spacial score (nSPS) is 25.8. The zero-order valence-electron chi connectivity index (χ0n) is 16.8. The molecule has 2 aromatic heterocycles. The maximum absolute atomic E-state index is 15.0. The first-order valence-corrected chi connectivity index (χ1v) is 10.4. The second-order valence-corrected chi connectivity index (χ2v) is 8.24. The van der Waals surface area contributed by atoms with E-state index in [-0.39, 0.29) is 17.8 Å². The number of rotatable bonds is 4. The van der Waals surface area contributed by atoms with E-state index < -0.39 is 6.17 Å². The zero-order chi connectivity index (χ0) is 20.7. The lowest BCUT2D eigenvalue weighted by molar-refractivity contribution is 0.107. The van der Waals surface area contributed by atoms with Crippen molar-refractivity contribution in [2.75, 3.05) is 11.9 Å². The second kappa shape index (κ2) is 7.68. The highest BCUT2D eigenvalue weighted by Crippen LogP contribution is 2.34. The topological polar surface area (TPSA) is 90.0 Å². The summed E-state index contributed by atoms with van der Waals surface area (Å²) < 4.78 is 15.0. The van der Waals surface area contributed by atoms with Crippen LogP contribution < -0.4 is 10.2 Å². The summed E-state index contributed by atoms with van der Waals surface area (Å²) >= 11 is 0. The van der Waals surface area contributed by atoms with Crippen LogP contribution in [0.25, 0.3) is 22.4 Å². The average molecular weight is 408 g/mol. The molecule has 3 N–H and O–H groups in total. The van der Waals surface area contributed by atoms with Crippen LogP contribution >= 0.6 is 0 Å². The molecule has 1 aromatic carbocycles. The Kier molecular flexibility index (Phi) is 4.86. The SMILES string of the molecule is CN(c1cnc(-c2ccc(-c3cn[nH]c3)cc2O)cn1)[C@H]1CC2CCCC(N2)[C@H]1F. The van der Waals surface area contributed by atoms with E-state index in [1.807, 2.05) is 24.1 Å². The fraction of sp³-hybridized carbons (Fsp3) is 0.409. The first-order chi connectivity index (χ1) is 14.6. The van der Waals surface area contributed by atoms with Crippen LogP contribution in [0.2, 0.25) is 0 Å². The Morgan fingerprint density at radius 1 is 1.13 bits per heavy atom. The van der Waals surface area contributed by atoms with Gasteiger partial charge in [0.25, 0.3) is 0 Å². The van der Waals surface area contributed by atoms with Crippen molar-refractivity contribution in [3.8, 4) is 28.1 Å². The molecule has 30 heavy (non-hydrogen) atoms. The molecule has 0 aliphatic carbocycles. The Bertz CT molecular complexity index is 1010. The van der Waals surface area contributed by atoms with Crippen LogP contribution in [0.4, 0.5) is 10.2 Å². The van der Waals surface area contributed by atoms with E-state index in [0.717, 1.165) is 36.8 Å². The third kappa shape index (κ3) is 3.41. The molecule has 2 fully saturated rings. The van der Waals surface area contributed by atoms with Crippen LogP contribution in [-0.2, 0) is 0 Å². The molecule has 2 saturated heterocycles. The minimum absolute atomic E-state index is 0.0668. The number of piperidine rings is 2. The van der Waals surface area contributed by atoms with Crippen LogP contribution in [0.3, 0.4) is 0 Å². The monoisotopic (exact) mass is 408 g/mol. The largest absolute Gasteiger partial charge is 0.507 e. The van der Waals surface area contributed by atoms with Gasteiger partial charge in [-0.15, -0.1) is 0 Å². The van der Waals surface area contributed by atoms with Crippen LogP contribution in [0.5, 0.6) is 5.75 Å². The summed E-state index contributed by atoms with van der Waals surface area (Å²) in [6.45, 7) is 0. The van der Waals surface area contributed by atoms with Gasteiger partial charge in [0.1, 0.15) is 17.7 Å². The number of phenols is 1. The van der Waals surface area contributed by atoms with Crippen molar-refractivity contribution >= 4 is 5.82 Å². The molecule has 2 bridgehead atoms. The maximum Gasteiger partial charge on any atom is 0.147 e. The van der Waals surface area contributed by atoms with Gasteiger partial charge in [0.2, 0.25) is 0 Å². The lowest BCUT2D eigenvalue weighted by Gasteiger charge is -2.46. The number of phenolic OH excluding ortho intramolecular Hbond substituents is 1. The number of hydrogen-bond donors (Lipinski definition) is 3. The van der Waals surface area contributed by atoms with Gasteiger partial charge in [-0.1, -0.05) is 12.5 Å². The van der Waals surface area contributed by atoms with Crippen LogP contribution in [-0.4, -0.2) is 56.6 Å². The Labute approximate surface area is 174 Å². The van der Waals surface area contributed by atoms with Gasteiger partial charge in [-0.3, -0.25) is 10.1 Å². The molecule has 2 unspecified atom stereocenters. The highest BCUT2D eigenvalue weighted by Gasteiger charge is 2.41. The van der Waals surface area contributed by atoms with E-state index in [2.05, 4.69) is 25.5 Å². The van der Waals surface area contributed by atoms with Gasteiger partial charge in [0, 0.05) is 36.5 Å². The van der Waals surface area contributed by atoms with E-state index in [9.17, 15) is 5.11 Å². The van der Waals surface area contributed by atoms with Crippen molar-refractivity contribution in [3.05, 3.63) is 43.0 Å². The first-order valence-electron chi connectivity index (χ1n) is 10.4. The number of hydrogen-bond acceptors (Lipinski definition) is 6. The summed E-state index contributed by atoms with van der Waals surface area (Å²) in [4.78, 5) is 10.9. The highest BCUT2D eigenvalue weighted by atomic mass is 19.1. The number of aromatic hydroxyl groups is 1. The first kappa shape index (κ1) is 19.0. The van der Waals surface area contributed by atoms with Gasteiger partial charge in [0.05, 0.1) is 30.3 Å². The summed E-state index contributed by atoms with van der Waals surface area (Å²) in [5.74, 6) is 0.764.